The first-order valence-corrected chi connectivity index (χ1v) is 9.88. The molecule has 26 heavy (non-hydrogen) atoms. The molecule has 0 heterocycles. The highest BCUT2D eigenvalue weighted by atomic mass is 19.4. The monoisotopic (exact) mass is 367 g/mol. The second-order valence-electron chi connectivity index (χ2n) is 7.80. The third kappa shape index (κ3) is 4.48. The van der Waals surface area contributed by atoms with Crippen LogP contribution in [0.2, 0.25) is 0 Å². The first-order valence-electron chi connectivity index (χ1n) is 9.88. The molecule has 3 rings (SSSR count). The molecule has 0 aliphatic heterocycles. The standard InChI is InChI=1S/C21H28F3NO/c1-2-14-12-16(21(22,23)24)10-11-18(14)20(26)13-15-6-5-9-19(15)25-17-7-3-4-8-17/h10-12,15,17,19,25H,2-9,13H2,1H3/t15-,19-/m0/s1. The lowest BCUT2D eigenvalue weighted by atomic mass is 9.90. The molecule has 2 nitrogen and oxygen atoms in total. The van der Waals surface area contributed by atoms with Gasteiger partial charge >= 0.3 is 6.18 Å². The topological polar surface area (TPSA) is 29.1 Å². The summed E-state index contributed by atoms with van der Waals surface area (Å²) in [4.78, 5) is 12.8. The number of rotatable bonds is 6. The molecule has 0 unspecified atom stereocenters. The van der Waals surface area contributed by atoms with Gasteiger partial charge in [-0.2, -0.15) is 13.2 Å². The zero-order chi connectivity index (χ0) is 18.7. The maximum Gasteiger partial charge on any atom is 0.416 e. The third-order valence-corrected chi connectivity index (χ3v) is 6.03. The van der Waals surface area contributed by atoms with E-state index in [2.05, 4.69) is 5.32 Å². The lowest BCUT2D eigenvalue weighted by Gasteiger charge is -2.24. The van der Waals surface area contributed by atoms with Crippen molar-refractivity contribution in [2.45, 2.75) is 83.0 Å². The van der Waals surface area contributed by atoms with Crippen LogP contribution in [0.4, 0.5) is 13.2 Å². The average molecular weight is 367 g/mol. The molecule has 5 heteroatoms. The Bertz CT molecular complexity index is 635. The average Bonchev–Trinajstić information content (AvgIpc) is 3.26. The number of carbonyl (C=O) groups is 1. The second-order valence-corrected chi connectivity index (χ2v) is 7.80. The van der Waals surface area contributed by atoms with Crippen LogP contribution in [0.3, 0.4) is 0 Å². The van der Waals surface area contributed by atoms with Gasteiger partial charge in [0.1, 0.15) is 0 Å². The van der Waals surface area contributed by atoms with E-state index in [-0.39, 0.29) is 5.78 Å². The summed E-state index contributed by atoms with van der Waals surface area (Å²) in [7, 11) is 0. The summed E-state index contributed by atoms with van der Waals surface area (Å²) in [6.07, 6.45) is 4.73. The molecule has 144 valence electrons. The lowest BCUT2D eigenvalue weighted by Crippen LogP contribution is -2.39. The van der Waals surface area contributed by atoms with Crippen LogP contribution in [0.5, 0.6) is 0 Å². The Morgan fingerprint density at radius 2 is 1.85 bits per heavy atom. The van der Waals surface area contributed by atoms with Crippen molar-refractivity contribution < 1.29 is 18.0 Å². The van der Waals surface area contributed by atoms with Gasteiger partial charge in [-0.05, 0) is 55.7 Å². The van der Waals surface area contributed by atoms with Crippen LogP contribution in [-0.2, 0) is 12.6 Å². The first kappa shape index (κ1) is 19.4. The van der Waals surface area contributed by atoms with Gasteiger partial charge in [-0.15, -0.1) is 0 Å². The number of alkyl halides is 3. The molecule has 2 atom stereocenters. The largest absolute Gasteiger partial charge is 0.416 e. The van der Waals surface area contributed by atoms with Gasteiger partial charge in [0.25, 0.3) is 0 Å². The zero-order valence-electron chi connectivity index (χ0n) is 15.4. The van der Waals surface area contributed by atoms with Crippen molar-refractivity contribution in [2.24, 2.45) is 5.92 Å². The molecule has 0 bridgehead atoms. The maximum atomic E-state index is 12.9. The number of nitrogens with one attached hydrogen (secondary N) is 1. The van der Waals surface area contributed by atoms with E-state index in [0.29, 0.717) is 42.0 Å². The molecular weight excluding hydrogens is 339 g/mol. The van der Waals surface area contributed by atoms with E-state index >= 15 is 0 Å². The number of hydrogen-bond acceptors (Lipinski definition) is 2. The van der Waals surface area contributed by atoms with E-state index in [0.717, 1.165) is 31.4 Å². The lowest BCUT2D eigenvalue weighted by molar-refractivity contribution is -0.137. The Morgan fingerprint density at radius 3 is 2.50 bits per heavy atom. The number of benzene rings is 1. The molecule has 2 saturated carbocycles. The maximum absolute atomic E-state index is 12.9. The minimum atomic E-state index is -4.37. The number of carbonyl (C=O) groups excluding carboxylic acids is 1. The number of hydrogen-bond donors (Lipinski definition) is 1. The van der Waals surface area contributed by atoms with Crippen molar-refractivity contribution in [2.75, 3.05) is 0 Å². The van der Waals surface area contributed by atoms with E-state index in [4.69, 9.17) is 0 Å². The van der Waals surface area contributed by atoms with E-state index < -0.39 is 11.7 Å². The van der Waals surface area contributed by atoms with Crippen molar-refractivity contribution >= 4 is 5.78 Å². The van der Waals surface area contributed by atoms with Gasteiger partial charge in [0.2, 0.25) is 0 Å². The summed E-state index contributed by atoms with van der Waals surface area (Å²) in [5, 5.41) is 3.74. The molecule has 0 radical (unpaired) electrons. The fraction of sp³-hybridized carbons (Fsp3) is 0.667. The van der Waals surface area contributed by atoms with E-state index in [1.165, 1.54) is 31.7 Å². The van der Waals surface area contributed by atoms with Gasteiger partial charge in [0, 0.05) is 24.1 Å². The van der Waals surface area contributed by atoms with Crippen molar-refractivity contribution in [3.05, 3.63) is 34.9 Å². The highest BCUT2D eigenvalue weighted by molar-refractivity contribution is 5.97. The van der Waals surface area contributed by atoms with Gasteiger partial charge in [-0.25, -0.2) is 0 Å². The quantitative estimate of drug-likeness (QED) is 0.669. The molecule has 0 amide bonds. The van der Waals surface area contributed by atoms with Crippen molar-refractivity contribution in [1.82, 2.24) is 5.32 Å². The van der Waals surface area contributed by atoms with Crippen LogP contribution >= 0.6 is 0 Å². The van der Waals surface area contributed by atoms with Crippen LogP contribution in [0, 0.1) is 5.92 Å². The van der Waals surface area contributed by atoms with Crippen molar-refractivity contribution in [3.8, 4) is 0 Å². The van der Waals surface area contributed by atoms with Gasteiger partial charge in [-0.3, -0.25) is 4.79 Å². The van der Waals surface area contributed by atoms with Crippen molar-refractivity contribution in [1.29, 1.82) is 0 Å². The molecule has 2 fully saturated rings. The minimum Gasteiger partial charge on any atom is -0.311 e. The van der Waals surface area contributed by atoms with Crippen LogP contribution in [0.1, 0.15) is 79.8 Å². The minimum absolute atomic E-state index is 0.0132. The molecule has 1 aromatic rings. The number of halogens is 3. The fourth-order valence-corrected chi connectivity index (χ4v) is 4.58. The first-order chi connectivity index (χ1) is 12.4. The molecule has 1 N–H and O–H groups in total. The molecule has 2 aliphatic rings. The molecule has 2 aliphatic carbocycles. The Hall–Kier alpha value is -1.36. The van der Waals surface area contributed by atoms with Gasteiger partial charge in [0.15, 0.2) is 5.78 Å². The number of Topliss-reactive ketones (excluding diaryl/α,β-unsaturated/α-hetero) is 1. The predicted octanol–water partition coefficient (Wildman–Crippen LogP) is 5.54. The molecular formula is C21H28F3NO. The molecule has 1 aromatic carbocycles. The van der Waals surface area contributed by atoms with Crippen LogP contribution in [-0.4, -0.2) is 17.9 Å². The Kier molecular flexibility index (Phi) is 6.06. The van der Waals surface area contributed by atoms with Crippen molar-refractivity contribution in [3.63, 3.8) is 0 Å². The van der Waals surface area contributed by atoms with Gasteiger partial charge < -0.3 is 5.32 Å². The Balaban J connectivity index is 1.68. The second kappa shape index (κ2) is 8.12. The Labute approximate surface area is 153 Å². The Morgan fingerprint density at radius 1 is 1.12 bits per heavy atom. The number of ketones is 1. The predicted molar refractivity (Wildman–Crippen MR) is 96.3 cm³/mol. The molecule has 0 aromatic heterocycles. The van der Waals surface area contributed by atoms with Crippen LogP contribution < -0.4 is 5.32 Å². The summed E-state index contributed by atoms with van der Waals surface area (Å²) in [6.45, 7) is 1.80. The van der Waals surface area contributed by atoms with Gasteiger partial charge in [0.05, 0.1) is 5.56 Å². The highest BCUT2D eigenvalue weighted by Crippen LogP contribution is 2.34. The summed E-state index contributed by atoms with van der Waals surface area (Å²) in [6, 6.07) is 4.50. The normalized spacial score (nSPS) is 24.3. The van der Waals surface area contributed by atoms with E-state index in [1.807, 2.05) is 0 Å². The third-order valence-electron chi connectivity index (χ3n) is 6.03. The number of aryl methyl sites for hydroxylation is 1. The van der Waals surface area contributed by atoms with Crippen LogP contribution in [0.15, 0.2) is 18.2 Å². The summed E-state index contributed by atoms with van der Waals surface area (Å²) in [5.41, 5.74) is 0.294. The smallest absolute Gasteiger partial charge is 0.311 e. The summed E-state index contributed by atoms with van der Waals surface area (Å²) < 4.78 is 38.7. The zero-order valence-corrected chi connectivity index (χ0v) is 15.4. The van der Waals surface area contributed by atoms with E-state index in [9.17, 15) is 18.0 Å². The summed E-state index contributed by atoms with van der Waals surface area (Å²) in [5.74, 6) is 0.288. The fourth-order valence-electron chi connectivity index (χ4n) is 4.58. The highest BCUT2D eigenvalue weighted by Gasteiger charge is 2.33. The van der Waals surface area contributed by atoms with E-state index in [1.54, 1.807) is 6.92 Å². The molecule has 0 saturated heterocycles. The van der Waals surface area contributed by atoms with Gasteiger partial charge in [-0.1, -0.05) is 32.3 Å². The molecule has 0 spiro atoms. The van der Waals surface area contributed by atoms with Crippen LogP contribution in [0.25, 0.3) is 0 Å². The SMILES string of the molecule is CCc1cc(C(F)(F)F)ccc1C(=O)C[C@@H]1CCC[C@@H]1NC1CCCC1. The summed E-state index contributed by atoms with van der Waals surface area (Å²) >= 11 is 0.